The molecule has 1 amide bonds. The van der Waals surface area contributed by atoms with Gasteiger partial charge in [-0.05, 0) is 44.0 Å². The third kappa shape index (κ3) is 3.28. The largest absolute Gasteiger partial charge is 0.368 e. The molecule has 1 heterocycles. The van der Waals surface area contributed by atoms with Gasteiger partial charge in [-0.25, -0.2) is 13.2 Å². The molecule has 2 aromatic rings. The van der Waals surface area contributed by atoms with Gasteiger partial charge in [0.2, 0.25) is 0 Å². The van der Waals surface area contributed by atoms with E-state index in [1.807, 2.05) is 0 Å². The molecule has 0 spiro atoms. The van der Waals surface area contributed by atoms with Crippen LogP contribution in [0, 0.1) is 38.2 Å². The molecule has 0 bridgehead atoms. The Balaban J connectivity index is 1.75. The van der Waals surface area contributed by atoms with E-state index in [2.05, 4.69) is 37.8 Å². The van der Waals surface area contributed by atoms with Crippen molar-refractivity contribution in [3.05, 3.63) is 64.0 Å². The van der Waals surface area contributed by atoms with Crippen LogP contribution in [0.5, 0.6) is 0 Å². The highest BCUT2D eigenvalue weighted by Gasteiger charge is 2.27. The Kier molecular flexibility index (Phi) is 4.94. The second-order valence-electron chi connectivity index (χ2n) is 6.75. The van der Waals surface area contributed by atoms with E-state index >= 15 is 0 Å². The van der Waals surface area contributed by atoms with Crippen LogP contribution in [-0.4, -0.2) is 37.0 Å². The lowest BCUT2D eigenvalue weighted by Crippen LogP contribution is -2.49. The van der Waals surface area contributed by atoms with Gasteiger partial charge >= 0.3 is 0 Å². The van der Waals surface area contributed by atoms with E-state index in [0.29, 0.717) is 26.2 Å². The zero-order chi connectivity index (χ0) is 19.0. The van der Waals surface area contributed by atoms with E-state index in [4.69, 9.17) is 0 Å². The molecule has 1 aliphatic rings. The Morgan fingerprint density at radius 1 is 0.885 bits per heavy atom. The van der Waals surface area contributed by atoms with Crippen LogP contribution in [0.25, 0.3) is 0 Å². The summed E-state index contributed by atoms with van der Waals surface area (Å²) >= 11 is 0. The molecule has 1 aliphatic heterocycles. The number of hydrogen-bond donors (Lipinski definition) is 0. The maximum Gasteiger partial charge on any atom is 0.257 e. The van der Waals surface area contributed by atoms with Gasteiger partial charge in [-0.1, -0.05) is 17.7 Å². The van der Waals surface area contributed by atoms with Crippen molar-refractivity contribution in [2.75, 3.05) is 31.1 Å². The predicted molar refractivity (Wildman–Crippen MR) is 95.1 cm³/mol. The second kappa shape index (κ2) is 7.02. The summed E-state index contributed by atoms with van der Waals surface area (Å²) in [4.78, 5) is 16.2. The molecule has 0 atom stereocenters. The summed E-state index contributed by atoms with van der Waals surface area (Å²) in [6.07, 6.45) is 0. The quantitative estimate of drug-likeness (QED) is 0.754. The molecular formula is C20H21F3N2O. The Morgan fingerprint density at radius 2 is 1.46 bits per heavy atom. The zero-order valence-corrected chi connectivity index (χ0v) is 15.1. The average molecular weight is 362 g/mol. The Labute approximate surface area is 151 Å². The average Bonchev–Trinajstić information content (AvgIpc) is 2.59. The number of carbonyl (C=O) groups is 1. The van der Waals surface area contributed by atoms with Crippen LogP contribution in [0.1, 0.15) is 27.0 Å². The van der Waals surface area contributed by atoms with E-state index in [1.54, 1.807) is 0 Å². The van der Waals surface area contributed by atoms with Gasteiger partial charge in [-0.2, -0.15) is 0 Å². The first-order valence-electron chi connectivity index (χ1n) is 8.55. The predicted octanol–water partition coefficient (Wildman–Crippen LogP) is 3.99. The molecule has 0 unspecified atom stereocenters. The minimum atomic E-state index is -1.61. The maximum atomic E-state index is 13.9. The minimum absolute atomic E-state index is 0.393. The summed E-state index contributed by atoms with van der Waals surface area (Å²) in [7, 11) is 0. The number of rotatable bonds is 2. The summed E-state index contributed by atoms with van der Waals surface area (Å²) in [6.45, 7) is 8.15. The van der Waals surface area contributed by atoms with Crippen molar-refractivity contribution in [2.24, 2.45) is 0 Å². The molecule has 26 heavy (non-hydrogen) atoms. The Bertz CT molecular complexity index is 835. The monoisotopic (exact) mass is 362 g/mol. The number of carbonyl (C=O) groups excluding carboxylic acids is 1. The number of anilines is 1. The summed E-state index contributed by atoms with van der Waals surface area (Å²) in [6, 6.07) is 6.02. The summed E-state index contributed by atoms with van der Waals surface area (Å²) in [5.74, 6) is -4.95. The topological polar surface area (TPSA) is 23.6 Å². The highest BCUT2D eigenvalue weighted by Crippen LogP contribution is 2.27. The van der Waals surface area contributed by atoms with Crippen molar-refractivity contribution in [1.82, 2.24) is 4.90 Å². The highest BCUT2D eigenvalue weighted by atomic mass is 19.2. The van der Waals surface area contributed by atoms with Crippen LogP contribution in [0.3, 0.4) is 0 Å². The van der Waals surface area contributed by atoms with E-state index in [0.717, 1.165) is 17.8 Å². The Hall–Kier alpha value is -2.50. The van der Waals surface area contributed by atoms with Crippen LogP contribution < -0.4 is 4.90 Å². The third-order valence-corrected chi connectivity index (χ3v) is 4.78. The van der Waals surface area contributed by atoms with Crippen LogP contribution in [0.4, 0.5) is 18.9 Å². The van der Waals surface area contributed by atoms with Gasteiger partial charge in [-0.15, -0.1) is 0 Å². The first kappa shape index (κ1) is 18.3. The fourth-order valence-corrected chi connectivity index (χ4v) is 3.67. The number of piperazine rings is 1. The zero-order valence-electron chi connectivity index (χ0n) is 15.1. The van der Waals surface area contributed by atoms with Gasteiger partial charge < -0.3 is 9.80 Å². The van der Waals surface area contributed by atoms with Crippen LogP contribution in [0.15, 0.2) is 24.3 Å². The number of hydrogen-bond acceptors (Lipinski definition) is 2. The fraction of sp³-hybridized carbons (Fsp3) is 0.350. The van der Waals surface area contributed by atoms with Gasteiger partial charge in [0.15, 0.2) is 17.5 Å². The number of nitrogens with zero attached hydrogens (tertiary/aromatic N) is 2. The van der Waals surface area contributed by atoms with Crippen molar-refractivity contribution in [1.29, 1.82) is 0 Å². The normalized spacial score (nSPS) is 14.7. The Morgan fingerprint density at radius 3 is 2.04 bits per heavy atom. The third-order valence-electron chi connectivity index (χ3n) is 4.78. The molecule has 1 saturated heterocycles. The number of benzene rings is 2. The molecule has 0 radical (unpaired) electrons. The fourth-order valence-electron chi connectivity index (χ4n) is 3.67. The smallest absolute Gasteiger partial charge is 0.257 e. The van der Waals surface area contributed by atoms with Gasteiger partial charge in [0.1, 0.15) is 0 Å². The van der Waals surface area contributed by atoms with E-state index < -0.39 is 28.9 Å². The van der Waals surface area contributed by atoms with Crippen molar-refractivity contribution >= 4 is 11.6 Å². The summed E-state index contributed by atoms with van der Waals surface area (Å²) < 4.78 is 40.3. The number of amides is 1. The van der Waals surface area contributed by atoms with Crippen molar-refractivity contribution in [3.8, 4) is 0 Å². The number of aryl methyl sites for hydroxylation is 3. The molecule has 1 fully saturated rings. The van der Waals surface area contributed by atoms with Gasteiger partial charge in [0.05, 0.1) is 5.56 Å². The van der Waals surface area contributed by atoms with Gasteiger partial charge in [0, 0.05) is 31.9 Å². The minimum Gasteiger partial charge on any atom is -0.368 e. The van der Waals surface area contributed by atoms with Crippen molar-refractivity contribution in [3.63, 3.8) is 0 Å². The van der Waals surface area contributed by atoms with Crippen LogP contribution in [0.2, 0.25) is 0 Å². The van der Waals surface area contributed by atoms with Gasteiger partial charge in [0.25, 0.3) is 5.91 Å². The lowest BCUT2D eigenvalue weighted by atomic mass is 10.0. The molecule has 0 N–H and O–H groups in total. The molecule has 0 aromatic heterocycles. The molecule has 3 nitrogen and oxygen atoms in total. The molecule has 3 rings (SSSR count). The lowest BCUT2D eigenvalue weighted by molar-refractivity contribution is 0.0740. The summed E-state index contributed by atoms with van der Waals surface area (Å²) in [5.41, 5.74) is 4.27. The summed E-state index contributed by atoms with van der Waals surface area (Å²) in [5, 5.41) is 0. The molecule has 6 heteroatoms. The highest BCUT2D eigenvalue weighted by molar-refractivity contribution is 5.94. The molecule has 138 valence electrons. The first-order valence-corrected chi connectivity index (χ1v) is 8.55. The maximum absolute atomic E-state index is 13.9. The second-order valence-corrected chi connectivity index (χ2v) is 6.75. The van der Waals surface area contributed by atoms with Gasteiger partial charge in [-0.3, -0.25) is 4.79 Å². The lowest BCUT2D eigenvalue weighted by Gasteiger charge is -2.37. The van der Waals surface area contributed by atoms with Crippen LogP contribution >= 0.6 is 0 Å². The van der Waals surface area contributed by atoms with Crippen LogP contribution in [-0.2, 0) is 0 Å². The van der Waals surface area contributed by atoms with E-state index in [1.165, 1.54) is 21.6 Å². The molecule has 0 aliphatic carbocycles. The standard InChI is InChI=1S/C20H21F3N2O/c1-12-10-13(2)19(14(3)11-12)24-6-8-25(9-7-24)20(26)15-4-5-16(21)18(23)17(15)22/h4-5,10-11H,6-9H2,1-3H3. The van der Waals surface area contributed by atoms with Crippen molar-refractivity contribution in [2.45, 2.75) is 20.8 Å². The van der Waals surface area contributed by atoms with E-state index in [-0.39, 0.29) is 0 Å². The van der Waals surface area contributed by atoms with E-state index in [9.17, 15) is 18.0 Å². The first-order chi connectivity index (χ1) is 12.3. The number of halogens is 3. The molecule has 2 aromatic carbocycles. The van der Waals surface area contributed by atoms with Crippen molar-refractivity contribution < 1.29 is 18.0 Å². The SMILES string of the molecule is Cc1cc(C)c(N2CCN(C(=O)c3ccc(F)c(F)c3F)CC2)c(C)c1. The molecular weight excluding hydrogens is 341 g/mol. The molecule has 0 saturated carbocycles.